The minimum absolute atomic E-state index is 0.0474. The Morgan fingerprint density at radius 3 is 2.82 bits per heavy atom. The molecule has 2 amide bonds. The van der Waals surface area contributed by atoms with Crippen LogP contribution in [0.4, 0.5) is 9.18 Å². The van der Waals surface area contributed by atoms with E-state index < -0.39 is 0 Å². The zero-order valence-electron chi connectivity index (χ0n) is 16.3. The van der Waals surface area contributed by atoms with Crippen molar-refractivity contribution >= 4 is 17.8 Å². The Hall–Kier alpha value is -1.31. The van der Waals surface area contributed by atoms with E-state index in [2.05, 4.69) is 15.5 Å². The van der Waals surface area contributed by atoms with Gasteiger partial charge in [-0.15, -0.1) is 11.8 Å². The Kier molecular flexibility index (Phi) is 6.43. The molecule has 1 aromatic carbocycles. The van der Waals surface area contributed by atoms with Gasteiger partial charge in [0, 0.05) is 35.8 Å². The normalized spacial score (nSPS) is 25.0. The van der Waals surface area contributed by atoms with E-state index >= 15 is 0 Å². The zero-order valence-corrected chi connectivity index (χ0v) is 17.2. The number of fused-ring (bicyclic) bond motifs is 1. The molecule has 3 aliphatic rings. The predicted octanol–water partition coefficient (Wildman–Crippen LogP) is 3.70. The average molecular weight is 408 g/mol. The van der Waals surface area contributed by atoms with Gasteiger partial charge in [-0.25, -0.2) is 9.18 Å². The number of carbonyl (C=O) groups is 1. The standard InChI is InChI=1S/C21H30FN3O2S/c22-16-4-5-19-17(14-16)18(6-13-28-19)24-20(26)23-15-21(7-2-1-3-8-21)25-9-11-27-12-10-25/h4-5,14,18H,1-3,6-13,15H2,(H2,23,24,26). The Morgan fingerprint density at radius 1 is 1.25 bits per heavy atom. The fourth-order valence-electron chi connectivity index (χ4n) is 4.82. The second-order valence-electron chi connectivity index (χ2n) is 8.08. The number of thioether (sulfide) groups is 1. The molecule has 154 valence electrons. The summed E-state index contributed by atoms with van der Waals surface area (Å²) in [5.74, 6) is 0.684. The fraction of sp³-hybridized carbons (Fsp3) is 0.667. The molecule has 2 fully saturated rings. The van der Waals surface area contributed by atoms with E-state index in [0.717, 1.165) is 61.8 Å². The summed E-state index contributed by atoms with van der Waals surface area (Å²) < 4.78 is 19.2. The van der Waals surface area contributed by atoms with Crippen LogP contribution in [0.1, 0.15) is 50.1 Å². The monoisotopic (exact) mass is 407 g/mol. The molecule has 1 aromatic rings. The largest absolute Gasteiger partial charge is 0.379 e. The van der Waals surface area contributed by atoms with Crippen LogP contribution in [0.5, 0.6) is 0 Å². The summed E-state index contributed by atoms with van der Waals surface area (Å²) in [7, 11) is 0. The van der Waals surface area contributed by atoms with Gasteiger partial charge in [-0.05, 0) is 43.0 Å². The van der Waals surface area contributed by atoms with Crippen LogP contribution >= 0.6 is 11.8 Å². The molecule has 4 rings (SSSR count). The van der Waals surface area contributed by atoms with Crippen LogP contribution in [0, 0.1) is 5.82 Å². The molecule has 1 saturated heterocycles. The van der Waals surface area contributed by atoms with E-state index in [1.165, 1.54) is 25.3 Å². The maximum absolute atomic E-state index is 13.7. The van der Waals surface area contributed by atoms with Gasteiger partial charge in [0.05, 0.1) is 19.3 Å². The van der Waals surface area contributed by atoms with E-state index in [0.29, 0.717) is 6.54 Å². The highest BCUT2D eigenvalue weighted by atomic mass is 32.2. The van der Waals surface area contributed by atoms with Gasteiger partial charge in [0.25, 0.3) is 0 Å². The number of nitrogens with zero attached hydrogens (tertiary/aromatic N) is 1. The smallest absolute Gasteiger partial charge is 0.315 e. The van der Waals surface area contributed by atoms with Crippen molar-refractivity contribution < 1.29 is 13.9 Å². The first kappa shape index (κ1) is 20.0. The van der Waals surface area contributed by atoms with Crippen LogP contribution in [0.15, 0.2) is 23.1 Å². The summed E-state index contributed by atoms with van der Waals surface area (Å²) in [6, 6.07) is 4.59. The van der Waals surface area contributed by atoms with Gasteiger partial charge in [-0.2, -0.15) is 0 Å². The van der Waals surface area contributed by atoms with Crippen LogP contribution in [0.2, 0.25) is 0 Å². The van der Waals surface area contributed by atoms with Crippen molar-refractivity contribution in [1.82, 2.24) is 15.5 Å². The molecular weight excluding hydrogens is 377 g/mol. The van der Waals surface area contributed by atoms with Crippen LogP contribution in [0.25, 0.3) is 0 Å². The Labute approximate surface area is 170 Å². The molecule has 0 radical (unpaired) electrons. The number of hydrogen-bond acceptors (Lipinski definition) is 4. The van der Waals surface area contributed by atoms with Gasteiger partial charge in [-0.3, -0.25) is 4.90 Å². The Morgan fingerprint density at radius 2 is 2.04 bits per heavy atom. The first-order valence-electron chi connectivity index (χ1n) is 10.5. The fourth-order valence-corrected chi connectivity index (χ4v) is 5.93. The Balaban J connectivity index is 1.39. The predicted molar refractivity (Wildman–Crippen MR) is 109 cm³/mol. The molecule has 1 atom stereocenters. The number of amides is 2. The number of halogens is 1. The van der Waals surface area contributed by atoms with E-state index in [4.69, 9.17) is 4.74 Å². The first-order valence-corrected chi connectivity index (χ1v) is 11.4. The molecule has 0 spiro atoms. The molecule has 1 aliphatic carbocycles. The van der Waals surface area contributed by atoms with Gasteiger partial charge < -0.3 is 15.4 Å². The summed E-state index contributed by atoms with van der Waals surface area (Å²) in [6.45, 7) is 4.09. The third-order valence-corrected chi connectivity index (χ3v) is 7.48. The summed E-state index contributed by atoms with van der Waals surface area (Å²) >= 11 is 1.73. The molecule has 1 unspecified atom stereocenters. The lowest BCUT2D eigenvalue weighted by Gasteiger charge is -2.48. The van der Waals surface area contributed by atoms with E-state index in [1.54, 1.807) is 17.8 Å². The van der Waals surface area contributed by atoms with Crippen molar-refractivity contribution in [2.45, 2.75) is 55.0 Å². The molecular formula is C21H30FN3O2S. The lowest BCUT2D eigenvalue weighted by molar-refractivity contribution is -0.0357. The highest BCUT2D eigenvalue weighted by molar-refractivity contribution is 7.99. The van der Waals surface area contributed by atoms with Gasteiger partial charge >= 0.3 is 6.03 Å². The summed E-state index contributed by atoms with van der Waals surface area (Å²) in [6.07, 6.45) is 6.78. The number of ether oxygens (including phenoxy) is 1. The first-order chi connectivity index (χ1) is 13.7. The number of benzene rings is 1. The zero-order chi connectivity index (χ0) is 19.4. The van der Waals surface area contributed by atoms with E-state index in [-0.39, 0.29) is 23.4 Å². The Bertz CT molecular complexity index is 690. The molecule has 28 heavy (non-hydrogen) atoms. The summed E-state index contributed by atoms with van der Waals surface area (Å²) in [4.78, 5) is 16.3. The van der Waals surface area contributed by atoms with Crippen molar-refractivity contribution in [2.24, 2.45) is 0 Å². The lowest BCUT2D eigenvalue weighted by Crippen LogP contribution is -2.60. The van der Waals surface area contributed by atoms with E-state index in [9.17, 15) is 9.18 Å². The van der Waals surface area contributed by atoms with Gasteiger partial charge in [0.2, 0.25) is 0 Å². The molecule has 2 N–H and O–H groups in total. The minimum atomic E-state index is -0.248. The second-order valence-corrected chi connectivity index (χ2v) is 9.22. The molecule has 7 heteroatoms. The van der Waals surface area contributed by atoms with Gasteiger partial charge in [-0.1, -0.05) is 19.3 Å². The number of nitrogens with one attached hydrogen (secondary N) is 2. The van der Waals surface area contributed by atoms with Gasteiger partial charge in [0.1, 0.15) is 5.82 Å². The van der Waals surface area contributed by atoms with Crippen molar-refractivity contribution in [3.63, 3.8) is 0 Å². The van der Waals surface area contributed by atoms with Crippen LogP contribution in [0.3, 0.4) is 0 Å². The maximum atomic E-state index is 13.7. The molecule has 2 heterocycles. The van der Waals surface area contributed by atoms with E-state index in [1.807, 2.05) is 6.07 Å². The highest BCUT2D eigenvalue weighted by Crippen LogP contribution is 2.37. The third-order valence-electron chi connectivity index (χ3n) is 6.36. The highest BCUT2D eigenvalue weighted by Gasteiger charge is 2.39. The van der Waals surface area contributed by atoms with Crippen molar-refractivity contribution in [2.75, 3.05) is 38.6 Å². The topological polar surface area (TPSA) is 53.6 Å². The molecule has 0 bridgehead atoms. The summed E-state index contributed by atoms with van der Waals surface area (Å²) in [5, 5.41) is 6.24. The average Bonchev–Trinajstić information content (AvgIpc) is 2.74. The number of rotatable bonds is 4. The van der Waals surface area contributed by atoms with Crippen molar-refractivity contribution in [3.05, 3.63) is 29.6 Å². The van der Waals surface area contributed by atoms with Crippen LogP contribution in [-0.2, 0) is 4.74 Å². The van der Waals surface area contributed by atoms with Crippen molar-refractivity contribution in [3.8, 4) is 0 Å². The van der Waals surface area contributed by atoms with Gasteiger partial charge in [0.15, 0.2) is 0 Å². The summed E-state index contributed by atoms with van der Waals surface area (Å²) in [5.41, 5.74) is 0.943. The SMILES string of the molecule is O=C(NCC1(N2CCOCC2)CCCCC1)NC1CCSc2ccc(F)cc21. The van der Waals surface area contributed by atoms with Crippen molar-refractivity contribution in [1.29, 1.82) is 0 Å². The van der Waals surface area contributed by atoms with Crippen LogP contribution < -0.4 is 10.6 Å². The molecule has 2 aliphatic heterocycles. The molecule has 0 aromatic heterocycles. The number of hydrogen-bond donors (Lipinski definition) is 2. The molecule has 5 nitrogen and oxygen atoms in total. The number of morpholine rings is 1. The molecule has 1 saturated carbocycles. The van der Waals surface area contributed by atoms with Crippen LogP contribution in [-0.4, -0.2) is 55.1 Å². The quantitative estimate of drug-likeness (QED) is 0.799. The lowest BCUT2D eigenvalue weighted by atomic mass is 9.80. The number of carbonyl (C=O) groups excluding carboxylic acids is 1. The number of urea groups is 1. The maximum Gasteiger partial charge on any atom is 0.315 e. The second kappa shape index (κ2) is 9.01. The third kappa shape index (κ3) is 4.47. The minimum Gasteiger partial charge on any atom is -0.379 e.